The Balaban J connectivity index is 2.35. The number of ether oxygens (including phenoxy) is 1. The maximum absolute atomic E-state index is 11.3. The van der Waals surface area contributed by atoms with E-state index >= 15 is 0 Å². The van der Waals surface area contributed by atoms with E-state index in [1.54, 1.807) is 20.1 Å². The molecule has 22 heavy (non-hydrogen) atoms. The minimum atomic E-state index is -0.861. The van der Waals surface area contributed by atoms with Crippen molar-refractivity contribution in [2.24, 2.45) is 0 Å². The highest BCUT2D eigenvalue weighted by molar-refractivity contribution is 7.12. The van der Waals surface area contributed by atoms with E-state index in [-0.39, 0.29) is 0 Å². The van der Waals surface area contributed by atoms with Crippen LogP contribution in [0, 0.1) is 0 Å². The van der Waals surface area contributed by atoms with E-state index in [9.17, 15) is 9.90 Å². The summed E-state index contributed by atoms with van der Waals surface area (Å²) in [6.45, 7) is 1.67. The second-order valence-corrected chi connectivity index (χ2v) is 5.71. The number of hydrogen-bond acceptors (Lipinski definition) is 4. The van der Waals surface area contributed by atoms with E-state index in [1.165, 1.54) is 17.6 Å². The van der Waals surface area contributed by atoms with Crippen LogP contribution >= 0.6 is 11.3 Å². The lowest BCUT2D eigenvalue weighted by Gasteiger charge is -2.03. The lowest BCUT2D eigenvalue weighted by atomic mass is 10.1. The molecule has 1 atom stereocenters. The standard InChI is InChI=1S/C17H17NO3S/c1-12(17(19)20)16-14(18-15(22-16)10-11-21-2)9-8-13-6-4-3-5-7-13/h3-12H,1-2H3,(H,19,20)/b9-8+,11-10-. The molecule has 0 amide bonds. The van der Waals surface area contributed by atoms with Crippen LogP contribution in [0.4, 0.5) is 0 Å². The first-order valence-corrected chi connectivity index (χ1v) is 7.59. The lowest BCUT2D eigenvalue weighted by Crippen LogP contribution is -2.06. The van der Waals surface area contributed by atoms with Crippen molar-refractivity contribution < 1.29 is 14.6 Å². The average Bonchev–Trinajstić information content (AvgIpc) is 2.94. The molecular formula is C17H17NO3S. The summed E-state index contributed by atoms with van der Waals surface area (Å²) in [7, 11) is 1.56. The summed E-state index contributed by atoms with van der Waals surface area (Å²) >= 11 is 1.36. The molecule has 1 N–H and O–H groups in total. The van der Waals surface area contributed by atoms with Gasteiger partial charge in [-0.3, -0.25) is 4.79 Å². The molecule has 4 nitrogen and oxygen atoms in total. The second-order valence-electron chi connectivity index (χ2n) is 4.64. The van der Waals surface area contributed by atoms with Crippen LogP contribution < -0.4 is 0 Å². The molecule has 114 valence electrons. The molecule has 2 rings (SSSR count). The van der Waals surface area contributed by atoms with Crippen LogP contribution in [0.15, 0.2) is 36.6 Å². The summed E-state index contributed by atoms with van der Waals surface area (Å²) in [4.78, 5) is 16.5. The number of hydrogen-bond donors (Lipinski definition) is 1. The third-order valence-electron chi connectivity index (χ3n) is 3.04. The molecule has 0 aliphatic heterocycles. The number of carbonyl (C=O) groups is 1. The minimum absolute atomic E-state index is 0.599. The van der Waals surface area contributed by atoms with Crippen molar-refractivity contribution in [3.63, 3.8) is 0 Å². The molecule has 0 spiro atoms. The van der Waals surface area contributed by atoms with Crippen LogP contribution in [0.5, 0.6) is 0 Å². The highest BCUT2D eigenvalue weighted by Gasteiger charge is 2.20. The number of carboxylic acid groups (broad SMARTS) is 1. The van der Waals surface area contributed by atoms with Gasteiger partial charge < -0.3 is 9.84 Å². The number of thiazole rings is 1. The zero-order valence-corrected chi connectivity index (χ0v) is 13.2. The van der Waals surface area contributed by atoms with Crippen LogP contribution in [-0.2, 0) is 9.53 Å². The third kappa shape index (κ3) is 4.05. The highest BCUT2D eigenvalue weighted by Crippen LogP contribution is 2.29. The fourth-order valence-corrected chi connectivity index (χ4v) is 2.83. The van der Waals surface area contributed by atoms with Gasteiger partial charge in [0.15, 0.2) is 0 Å². The predicted octanol–water partition coefficient (Wildman–Crippen LogP) is 4.12. The molecule has 2 aromatic rings. The molecule has 1 unspecified atom stereocenters. The number of benzene rings is 1. The van der Waals surface area contributed by atoms with Crippen molar-refractivity contribution in [3.8, 4) is 0 Å². The number of nitrogens with zero attached hydrogens (tertiary/aromatic N) is 1. The van der Waals surface area contributed by atoms with Gasteiger partial charge in [0.1, 0.15) is 5.01 Å². The Kier molecular flexibility index (Phi) is 5.49. The van der Waals surface area contributed by atoms with Crippen LogP contribution in [0.2, 0.25) is 0 Å². The lowest BCUT2D eigenvalue weighted by molar-refractivity contribution is -0.138. The quantitative estimate of drug-likeness (QED) is 0.815. The van der Waals surface area contributed by atoms with E-state index in [4.69, 9.17) is 4.74 Å². The van der Waals surface area contributed by atoms with Gasteiger partial charge in [0.05, 0.1) is 25.0 Å². The predicted molar refractivity (Wildman–Crippen MR) is 89.6 cm³/mol. The summed E-state index contributed by atoms with van der Waals surface area (Å²) in [5, 5.41) is 9.96. The molecule has 5 heteroatoms. The van der Waals surface area contributed by atoms with Crippen molar-refractivity contribution in [1.29, 1.82) is 0 Å². The normalized spacial score (nSPS) is 12.8. The van der Waals surface area contributed by atoms with Gasteiger partial charge >= 0.3 is 5.97 Å². The Morgan fingerprint density at radius 2 is 2.00 bits per heavy atom. The molecular weight excluding hydrogens is 298 g/mol. The van der Waals surface area contributed by atoms with E-state index in [0.717, 1.165) is 15.4 Å². The fourth-order valence-electron chi connectivity index (χ4n) is 1.84. The zero-order valence-electron chi connectivity index (χ0n) is 12.4. The van der Waals surface area contributed by atoms with Gasteiger partial charge in [-0.1, -0.05) is 36.4 Å². The topological polar surface area (TPSA) is 59.4 Å². The van der Waals surface area contributed by atoms with Crippen molar-refractivity contribution in [3.05, 3.63) is 57.7 Å². The summed E-state index contributed by atoms with van der Waals surface area (Å²) in [6.07, 6.45) is 7.03. The molecule has 1 aromatic carbocycles. The van der Waals surface area contributed by atoms with Gasteiger partial charge in [0.2, 0.25) is 0 Å². The Morgan fingerprint density at radius 1 is 1.27 bits per heavy atom. The van der Waals surface area contributed by atoms with Gasteiger partial charge in [0.25, 0.3) is 0 Å². The molecule has 0 bridgehead atoms. The van der Waals surface area contributed by atoms with E-state index in [0.29, 0.717) is 5.69 Å². The Hall–Kier alpha value is -2.40. The third-order valence-corrected chi connectivity index (χ3v) is 4.26. The molecule has 0 saturated carbocycles. The maximum Gasteiger partial charge on any atom is 0.311 e. The molecule has 0 radical (unpaired) electrons. The number of carboxylic acids is 1. The first-order chi connectivity index (χ1) is 10.6. The largest absolute Gasteiger partial charge is 0.504 e. The Labute approximate surface area is 133 Å². The van der Waals surface area contributed by atoms with E-state index < -0.39 is 11.9 Å². The van der Waals surface area contributed by atoms with Crippen LogP contribution in [0.25, 0.3) is 18.2 Å². The summed E-state index contributed by atoms with van der Waals surface area (Å²) in [5.74, 6) is -1.46. The highest BCUT2D eigenvalue weighted by atomic mass is 32.1. The Morgan fingerprint density at radius 3 is 2.64 bits per heavy atom. The van der Waals surface area contributed by atoms with Gasteiger partial charge in [-0.05, 0) is 18.6 Å². The fraction of sp³-hybridized carbons (Fsp3) is 0.176. The van der Waals surface area contributed by atoms with Gasteiger partial charge in [-0.15, -0.1) is 11.3 Å². The summed E-state index contributed by atoms with van der Waals surface area (Å²) < 4.78 is 4.88. The van der Waals surface area contributed by atoms with Crippen LogP contribution in [0.1, 0.15) is 34.0 Å². The SMILES string of the molecule is CO/C=C\c1nc(/C=C/c2ccccc2)c(C(C)C(=O)O)s1. The van der Waals surface area contributed by atoms with Crippen LogP contribution in [0.3, 0.4) is 0 Å². The second kappa shape index (κ2) is 7.56. The smallest absolute Gasteiger partial charge is 0.311 e. The summed E-state index contributed by atoms with van der Waals surface area (Å²) in [5.41, 5.74) is 1.72. The monoisotopic (exact) mass is 315 g/mol. The molecule has 0 fully saturated rings. The first kappa shape index (κ1) is 16.0. The maximum atomic E-state index is 11.3. The number of rotatable bonds is 6. The Bertz CT molecular complexity index is 689. The zero-order chi connectivity index (χ0) is 15.9. The van der Waals surface area contributed by atoms with Crippen molar-refractivity contribution >= 4 is 35.5 Å². The molecule has 0 aliphatic rings. The van der Waals surface area contributed by atoms with E-state index in [1.807, 2.05) is 42.5 Å². The van der Waals surface area contributed by atoms with Gasteiger partial charge in [-0.2, -0.15) is 0 Å². The molecule has 1 aromatic heterocycles. The molecule has 0 saturated heterocycles. The van der Waals surface area contributed by atoms with Crippen molar-refractivity contribution in [1.82, 2.24) is 4.98 Å². The first-order valence-electron chi connectivity index (χ1n) is 6.78. The molecule has 1 heterocycles. The van der Waals surface area contributed by atoms with Crippen molar-refractivity contribution in [2.45, 2.75) is 12.8 Å². The number of methoxy groups -OCH3 is 1. The van der Waals surface area contributed by atoms with Gasteiger partial charge in [0, 0.05) is 11.0 Å². The number of aliphatic carboxylic acids is 1. The molecule has 0 aliphatic carbocycles. The minimum Gasteiger partial charge on any atom is -0.504 e. The average molecular weight is 315 g/mol. The van der Waals surface area contributed by atoms with Crippen LogP contribution in [-0.4, -0.2) is 23.2 Å². The van der Waals surface area contributed by atoms with E-state index in [2.05, 4.69) is 4.98 Å². The van der Waals surface area contributed by atoms with Gasteiger partial charge in [-0.25, -0.2) is 4.98 Å². The summed E-state index contributed by atoms with van der Waals surface area (Å²) in [6, 6.07) is 9.82. The van der Waals surface area contributed by atoms with Crippen molar-refractivity contribution in [2.75, 3.05) is 7.11 Å². The number of aromatic nitrogens is 1.